The summed E-state index contributed by atoms with van der Waals surface area (Å²) < 4.78 is 45.3. The molecule has 0 aliphatic rings. The van der Waals surface area contributed by atoms with Crippen molar-refractivity contribution in [2.45, 2.75) is 20.2 Å². The van der Waals surface area contributed by atoms with Gasteiger partial charge in [0.05, 0.1) is 0 Å². The number of aryl methyl sites for hydroxylation is 2. The molecule has 0 radical (unpaired) electrons. The highest BCUT2D eigenvalue weighted by molar-refractivity contribution is 5.95. The third-order valence-electron chi connectivity index (χ3n) is 3.23. The average molecular weight is 382 g/mol. The number of benzene rings is 2. The maximum Gasteiger partial charge on any atom is 0.573 e. The van der Waals surface area contributed by atoms with Gasteiger partial charge in [0.15, 0.2) is 6.61 Å². The summed E-state index contributed by atoms with van der Waals surface area (Å²) in [6.07, 6.45) is -4.81. The molecule has 9 heteroatoms. The van der Waals surface area contributed by atoms with Crippen molar-refractivity contribution in [1.29, 1.82) is 0 Å². The summed E-state index contributed by atoms with van der Waals surface area (Å²) in [6.45, 7) is 3.47. The van der Waals surface area contributed by atoms with Gasteiger partial charge in [-0.25, -0.2) is 0 Å². The summed E-state index contributed by atoms with van der Waals surface area (Å²) >= 11 is 0. The van der Waals surface area contributed by atoms with Gasteiger partial charge in [-0.05, 0) is 61.4 Å². The van der Waals surface area contributed by atoms with Gasteiger partial charge < -0.3 is 9.47 Å². The fraction of sp³-hybridized carbons (Fsp3) is 0.222. The van der Waals surface area contributed by atoms with Crippen LogP contribution in [0.2, 0.25) is 0 Å². The van der Waals surface area contributed by atoms with Gasteiger partial charge in [-0.3, -0.25) is 20.4 Å². The molecule has 2 N–H and O–H groups in total. The van der Waals surface area contributed by atoms with Crippen molar-refractivity contribution >= 4 is 11.8 Å². The number of hydrogen-bond donors (Lipinski definition) is 2. The lowest BCUT2D eigenvalue weighted by Gasteiger charge is -2.11. The van der Waals surface area contributed by atoms with Crippen LogP contribution in [0, 0.1) is 13.8 Å². The number of rotatable bonds is 5. The number of carbonyl (C=O) groups is 2. The first kappa shape index (κ1) is 20.1. The van der Waals surface area contributed by atoms with Gasteiger partial charge in [-0.2, -0.15) is 0 Å². The van der Waals surface area contributed by atoms with Gasteiger partial charge in [0, 0.05) is 5.56 Å². The van der Waals surface area contributed by atoms with E-state index in [2.05, 4.69) is 15.6 Å². The average Bonchev–Trinajstić information content (AvgIpc) is 2.56. The van der Waals surface area contributed by atoms with Gasteiger partial charge in [-0.15, -0.1) is 13.2 Å². The van der Waals surface area contributed by atoms with Crippen molar-refractivity contribution < 1.29 is 32.2 Å². The van der Waals surface area contributed by atoms with Crippen molar-refractivity contribution in [2.75, 3.05) is 6.61 Å². The molecule has 0 saturated carbocycles. The smallest absolute Gasteiger partial charge is 0.484 e. The molecule has 0 aromatic heterocycles. The van der Waals surface area contributed by atoms with E-state index in [0.717, 1.165) is 35.4 Å². The molecular formula is C18H17F3N2O4. The van der Waals surface area contributed by atoms with Crippen LogP contribution in [0.15, 0.2) is 42.5 Å². The molecule has 6 nitrogen and oxygen atoms in total. The fourth-order valence-corrected chi connectivity index (χ4v) is 2.21. The Hall–Kier alpha value is -3.23. The third kappa shape index (κ3) is 6.89. The molecule has 27 heavy (non-hydrogen) atoms. The largest absolute Gasteiger partial charge is 0.573 e. The minimum absolute atomic E-state index is 0.0417. The molecule has 0 unspecified atom stereocenters. The van der Waals surface area contributed by atoms with Crippen LogP contribution in [0.5, 0.6) is 11.5 Å². The maximum absolute atomic E-state index is 12.1. The molecule has 2 aromatic carbocycles. The number of halogens is 3. The molecule has 0 heterocycles. The number of nitrogens with one attached hydrogen (secondary N) is 2. The highest BCUT2D eigenvalue weighted by Crippen LogP contribution is 2.22. The lowest BCUT2D eigenvalue weighted by molar-refractivity contribution is -0.274. The Morgan fingerprint density at radius 1 is 0.926 bits per heavy atom. The molecule has 2 aromatic rings. The number of ether oxygens (including phenoxy) is 2. The Morgan fingerprint density at radius 2 is 1.52 bits per heavy atom. The van der Waals surface area contributed by atoms with Gasteiger partial charge in [0.2, 0.25) is 0 Å². The van der Waals surface area contributed by atoms with Gasteiger partial charge in [0.25, 0.3) is 11.8 Å². The van der Waals surface area contributed by atoms with E-state index in [0.29, 0.717) is 5.75 Å². The fourth-order valence-electron chi connectivity index (χ4n) is 2.21. The Kier molecular flexibility index (Phi) is 6.27. The van der Waals surface area contributed by atoms with Crippen molar-refractivity contribution in [3.63, 3.8) is 0 Å². The second kappa shape index (κ2) is 8.43. The van der Waals surface area contributed by atoms with E-state index < -0.39 is 23.9 Å². The molecule has 0 bridgehead atoms. The molecule has 0 spiro atoms. The predicted octanol–water partition coefficient (Wildman–Crippen LogP) is 3.04. The second-order valence-corrected chi connectivity index (χ2v) is 5.69. The van der Waals surface area contributed by atoms with E-state index in [9.17, 15) is 22.8 Å². The maximum atomic E-state index is 12.1. The first-order chi connectivity index (χ1) is 12.6. The van der Waals surface area contributed by atoms with Crippen LogP contribution >= 0.6 is 0 Å². The summed E-state index contributed by atoms with van der Waals surface area (Å²) in [5.74, 6) is -1.23. The van der Waals surface area contributed by atoms with Gasteiger partial charge in [0.1, 0.15) is 11.5 Å². The number of alkyl halides is 3. The summed E-state index contributed by atoms with van der Waals surface area (Å²) in [5.41, 5.74) is 6.31. The molecule has 0 aliphatic carbocycles. The second-order valence-electron chi connectivity index (χ2n) is 5.69. The van der Waals surface area contributed by atoms with E-state index in [1.165, 1.54) is 0 Å². The topological polar surface area (TPSA) is 76.7 Å². The van der Waals surface area contributed by atoms with E-state index in [1.54, 1.807) is 12.1 Å². The molecule has 2 amide bonds. The van der Waals surface area contributed by atoms with Gasteiger partial charge in [-0.1, -0.05) is 6.07 Å². The zero-order valence-corrected chi connectivity index (χ0v) is 14.5. The van der Waals surface area contributed by atoms with Crippen LogP contribution in [-0.2, 0) is 4.79 Å². The predicted molar refractivity (Wildman–Crippen MR) is 90.1 cm³/mol. The molecule has 0 aliphatic heterocycles. The monoisotopic (exact) mass is 382 g/mol. The normalized spacial score (nSPS) is 10.9. The summed E-state index contributed by atoms with van der Waals surface area (Å²) in [4.78, 5) is 23.6. The molecule has 0 fully saturated rings. The van der Waals surface area contributed by atoms with E-state index >= 15 is 0 Å². The summed E-state index contributed by atoms with van der Waals surface area (Å²) in [6, 6.07) is 9.75. The quantitative estimate of drug-likeness (QED) is 0.780. The number of carbonyl (C=O) groups excluding carboxylic acids is 2. The van der Waals surface area contributed by atoms with Gasteiger partial charge >= 0.3 is 6.36 Å². The van der Waals surface area contributed by atoms with Crippen molar-refractivity contribution in [3.05, 3.63) is 59.2 Å². The Labute approximate surface area is 153 Å². The summed E-state index contributed by atoms with van der Waals surface area (Å²) in [7, 11) is 0. The van der Waals surface area contributed by atoms with Crippen LogP contribution in [0.25, 0.3) is 0 Å². The third-order valence-corrected chi connectivity index (χ3v) is 3.23. The zero-order chi connectivity index (χ0) is 20.0. The van der Waals surface area contributed by atoms with Crippen LogP contribution < -0.4 is 20.3 Å². The first-order valence-corrected chi connectivity index (χ1v) is 7.78. The minimum Gasteiger partial charge on any atom is -0.484 e. The highest BCUT2D eigenvalue weighted by Gasteiger charge is 2.31. The number of amides is 2. The van der Waals surface area contributed by atoms with Crippen molar-refractivity contribution in [2.24, 2.45) is 0 Å². The van der Waals surface area contributed by atoms with Crippen molar-refractivity contribution in [1.82, 2.24) is 10.9 Å². The van der Waals surface area contributed by atoms with Crippen molar-refractivity contribution in [3.8, 4) is 11.5 Å². The van der Waals surface area contributed by atoms with Crippen LogP contribution in [-0.4, -0.2) is 24.8 Å². The Balaban J connectivity index is 1.81. The SMILES string of the molecule is Cc1cc(C)cc(OCC(=O)NNC(=O)c2ccc(OC(F)(F)F)cc2)c1. The van der Waals surface area contributed by atoms with Crippen LogP contribution in [0.1, 0.15) is 21.5 Å². The molecule has 144 valence electrons. The molecule has 0 saturated heterocycles. The summed E-state index contributed by atoms with van der Waals surface area (Å²) in [5, 5.41) is 0. The lowest BCUT2D eigenvalue weighted by Crippen LogP contribution is -2.43. The Bertz CT molecular complexity index is 800. The van der Waals surface area contributed by atoms with Crippen LogP contribution in [0.4, 0.5) is 13.2 Å². The number of hydrogen-bond acceptors (Lipinski definition) is 4. The lowest BCUT2D eigenvalue weighted by atomic mass is 10.1. The zero-order valence-electron chi connectivity index (χ0n) is 14.5. The molecular weight excluding hydrogens is 365 g/mol. The standard InChI is InChI=1S/C18H17F3N2O4/c1-11-7-12(2)9-15(8-11)26-10-16(24)22-23-17(25)13-3-5-14(6-4-13)27-18(19,20)21/h3-9H,10H2,1-2H3,(H,22,24)(H,23,25). The minimum atomic E-state index is -4.81. The van der Waals surface area contributed by atoms with Crippen LogP contribution in [0.3, 0.4) is 0 Å². The number of hydrazine groups is 1. The van der Waals surface area contributed by atoms with E-state index in [4.69, 9.17) is 4.74 Å². The first-order valence-electron chi connectivity index (χ1n) is 7.78. The van der Waals surface area contributed by atoms with E-state index in [1.807, 2.05) is 19.9 Å². The Morgan fingerprint density at radius 3 is 2.07 bits per heavy atom. The molecule has 0 atom stereocenters. The molecule has 2 rings (SSSR count). The highest BCUT2D eigenvalue weighted by atomic mass is 19.4. The van der Waals surface area contributed by atoms with E-state index in [-0.39, 0.29) is 12.2 Å².